The van der Waals surface area contributed by atoms with Crippen molar-refractivity contribution in [3.8, 4) is 0 Å². The van der Waals surface area contributed by atoms with Crippen LogP contribution in [0.15, 0.2) is 19.2 Å². The Morgan fingerprint density at radius 1 is 1.21 bits per heavy atom. The third-order valence-corrected chi connectivity index (χ3v) is 1.85. The quantitative estimate of drug-likeness (QED) is 0.735. The fraction of sp³-hybridized carbons (Fsp3) is 0.231. The van der Waals surface area contributed by atoms with Gasteiger partial charge in [-0.1, -0.05) is 51.8 Å². The fourth-order valence-electron chi connectivity index (χ4n) is 1.30. The second kappa shape index (κ2) is 6.03. The van der Waals surface area contributed by atoms with Crippen LogP contribution in [0.25, 0.3) is 18.7 Å². The molecule has 0 radical (unpaired) electrons. The Labute approximate surface area is 86.2 Å². The first kappa shape index (κ1) is 12.5. The minimum absolute atomic E-state index is 0.919. The van der Waals surface area contributed by atoms with Crippen molar-refractivity contribution >= 4 is 18.7 Å². The molecule has 0 saturated heterocycles. The van der Waals surface area contributed by atoms with Crippen LogP contribution in [0.2, 0.25) is 0 Å². The first-order chi connectivity index (χ1) is 6.70. The molecule has 0 amide bonds. The predicted octanol–water partition coefficient (Wildman–Crippen LogP) is 2.37. The molecular formula is C13H19N. The van der Waals surface area contributed by atoms with Gasteiger partial charge in [0.15, 0.2) is 0 Å². The lowest BCUT2D eigenvalue weighted by molar-refractivity contribution is 1.22. The van der Waals surface area contributed by atoms with Crippen LogP contribution in [0.5, 0.6) is 0 Å². The SMILES string of the molecule is C=C/C=c1/c(C=C)c(C)[nH]c1=C.CC. The summed E-state index contributed by atoms with van der Waals surface area (Å²) in [4.78, 5) is 3.15. The van der Waals surface area contributed by atoms with Gasteiger partial charge in [-0.3, -0.25) is 0 Å². The molecule has 1 heterocycles. The molecule has 1 rings (SSSR count). The van der Waals surface area contributed by atoms with E-state index in [1.807, 2.05) is 32.9 Å². The molecule has 1 aromatic heterocycles. The number of aromatic nitrogens is 1. The molecule has 0 aliphatic rings. The molecule has 0 fully saturated rings. The highest BCUT2D eigenvalue weighted by atomic mass is 14.7. The zero-order valence-electron chi connectivity index (χ0n) is 9.35. The predicted molar refractivity (Wildman–Crippen MR) is 66.4 cm³/mol. The van der Waals surface area contributed by atoms with Crippen molar-refractivity contribution in [3.63, 3.8) is 0 Å². The molecule has 0 aliphatic carbocycles. The van der Waals surface area contributed by atoms with Crippen LogP contribution < -0.4 is 10.6 Å². The van der Waals surface area contributed by atoms with Crippen molar-refractivity contribution in [2.75, 3.05) is 0 Å². The summed E-state index contributed by atoms with van der Waals surface area (Å²) in [5.74, 6) is 0. The molecule has 0 unspecified atom stereocenters. The van der Waals surface area contributed by atoms with E-state index >= 15 is 0 Å². The maximum Gasteiger partial charge on any atom is 0.0389 e. The standard InChI is InChI=1S/C11H13N.C2H6/c1-5-7-11-9(4)12-8(3)10(11)6-2;1-2/h5-7,12H,1-2,4H2,3H3;1-2H3/b11-7+;. The van der Waals surface area contributed by atoms with E-state index in [-0.39, 0.29) is 0 Å². The van der Waals surface area contributed by atoms with Gasteiger partial charge in [0.2, 0.25) is 0 Å². The van der Waals surface area contributed by atoms with E-state index in [4.69, 9.17) is 0 Å². The van der Waals surface area contributed by atoms with Crippen LogP contribution >= 0.6 is 0 Å². The van der Waals surface area contributed by atoms with Crippen molar-refractivity contribution in [2.24, 2.45) is 0 Å². The smallest absolute Gasteiger partial charge is 0.0389 e. The summed E-state index contributed by atoms with van der Waals surface area (Å²) in [5, 5.41) is 2.00. The molecule has 0 aromatic carbocycles. The van der Waals surface area contributed by atoms with Crippen molar-refractivity contribution in [1.82, 2.24) is 4.98 Å². The van der Waals surface area contributed by atoms with E-state index < -0.39 is 0 Å². The van der Waals surface area contributed by atoms with Gasteiger partial charge in [0.1, 0.15) is 0 Å². The zero-order chi connectivity index (χ0) is 11.1. The Bertz CT molecular complexity index is 407. The van der Waals surface area contributed by atoms with Gasteiger partial charge in [-0.15, -0.1) is 0 Å². The Morgan fingerprint density at radius 3 is 2.21 bits per heavy atom. The van der Waals surface area contributed by atoms with Crippen molar-refractivity contribution in [3.05, 3.63) is 41.1 Å². The van der Waals surface area contributed by atoms with Crippen molar-refractivity contribution in [2.45, 2.75) is 20.8 Å². The number of aryl methyl sites for hydroxylation is 1. The summed E-state index contributed by atoms with van der Waals surface area (Å²) < 4.78 is 0. The van der Waals surface area contributed by atoms with Crippen LogP contribution in [0.4, 0.5) is 0 Å². The third-order valence-electron chi connectivity index (χ3n) is 1.85. The lowest BCUT2D eigenvalue weighted by Crippen LogP contribution is -2.21. The molecule has 14 heavy (non-hydrogen) atoms. The average Bonchev–Trinajstić information content (AvgIpc) is 2.45. The van der Waals surface area contributed by atoms with Crippen LogP contribution in [0.3, 0.4) is 0 Å². The van der Waals surface area contributed by atoms with Crippen LogP contribution in [0, 0.1) is 6.92 Å². The van der Waals surface area contributed by atoms with Gasteiger partial charge in [-0.05, 0) is 6.92 Å². The van der Waals surface area contributed by atoms with Gasteiger partial charge in [-0.25, -0.2) is 0 Å². The highest BCUT2D eigenvalue weighted by Crippen LogP contribution is 1.96. The minimum Gasteiger partial charge on any atom is -0.359 e. The molecule has 0 saturated carbocycles. The van der Waals surface area contributed by atoms with Gasteiger partial charge >= 0.3 is 0 Å². The van der Waals surface area contributed by atoms with Crippen LogP contribution in [-0.4, -0.2) is 4.98 Å². The molecule has 76 valence electrons. The highest BCUT2D eigenvalue weighted by Gasteiger charge is 1.97. The van der Waals surface area contributed by atoms with E-state index in [0.717, 1.165) is 21.8 Å². The average molecular weight is 189 g/mol. The normalized spacial score (nSPS) is 10.4. The number of aromatic amines is 1. The second-order valence-electron chi connectivity index (χ2n) is 2.66. The molecule has 0 aliphatic heterocycles. The minimum atomic E-state index is 0.919. The summed E-state index contributed by atoms with van der Waals surface area (Å²) in [6, 6.07) is 0. The van der Waals surface area contributed by atoms with E-state index in [2.05, 4.69) is 24.7 Å². The van der Waals surface area contributed by atoms with Crippen molar-refractivity contribution in [1.29, 1.82) is 0 Å². The zero-order valence-corrected chi connectivity index (χ0v) is 9.35. The molecule has 0 spiro atoms. The molecule has 1 N–H and O–H groups in total. The van der Waals surface area contributed by atoms with Gasteiger partial charge in [0.25, 0.3) is 0 Å². The van der Waals surface area contributed by atoms with E-state index in [9.17, 15) is 0 Å². The topological polar surface area (TPSA) is 15.8 Å². The number of nitrogens with one attached hydrogen (secondary N) is 1. The van der Waals surface area contributed by atoms with Gasteiger partial charge in [-0.2, -0.15) is 0 Å². The van der Waals surface area contributed by atoms with Gasteiger partial charge in [0.05, 0.1) is 0 Å². The number of hydrogen-bond acceptors (Lipinski definition) is 0. The van der Waals surface area contributed by atoms with Gasteiger partial charge < -0.3 is 4.98 Å². The first-order valence-corrected chi connectivity index (χ1v) is 4.83. The van der Waals surface area contributed by atoms with Gasteiger partial charge in [0, 0.05) is 21.8 Å². The number of H-pyrrole nitrogens is 1. The monoisotopic (exact) mass is 189 g/mol. The maximum atomic E-state index is 3.89. The summed E-state index contributed by atoms with van der Waals surface area (Å²) in [7, 11) is 0. The molecule has 1 aromatic rings. The molecule has 1 heteroatoms. The number of allylic oxidation sites excluding steroid dienone is 1. The van der Waals surface area contributed by atoms with Crippen LogP contribution in [-0.2, 0) is 0 Å². The maximum absolute atomic E-state index is 3.89. The lowest BCUT2D eigenvalue weighted by atomic mass is 10.2. The molecule has 0 bridgehead atoms. The van der Waals surface area contributed by atoms with Crippen LogP contribution in [0.1, 0.15) is 25.1 Å². The Balaban J connectivity index is 0.000000791. The summed E-state index contributed by atoms with van der Waals surface area (Å²) in [6.45, 7) is 17.3. The van der Waals surface area contributed by atoms with E-state index in [0.29, 0.717) is 0 Å². The largest absolute Gasteiger partial charge is 0.359 e. The molecule has 1 nitrogen and oxygen atoms in total. The third kappa shape index (κ3) is 2.49. The highest BCUT2D eigenvalue weighted by molar-refractivity contribution is 5.55. The first-order valence-electron chi connectivity index (χ1n) is 4.83. The van der Waals surface area contributed by atoms with E-state index in [1.165, 1.54) is 0 Å². The summed E-state index contributed by atoms with van der Waals surface area (Å²) in [6.07, 6.45) is 5.52. The number of hydrogen-bond donors (Lipinski definition) is 1. The van der Waals surface area contributed by atoms with Crippen molar-refractivity contribution < 1.29 is 0 Å². The molecular weight excluding hydrogens is 170 g/mol. The van der Waals surface area contributed by atoms with E-state index in [1.54, 1.807) is 6.08 Å². The lowest BCUT2D eigenvalue weighted by Gasteiger charge is -1.86. The Kier molecular flexibility index (Phi) is 5.38. The summed E-state index contributed by atoms with van der Waals surface area (Å²) >= 11 is 0. The fourth-order valence-corrected chi connectivity index (χ4v) is 1.30. The molecule has 0 atom stereocenters. The summed E-state index contributed by atoms with van der Waals surface area (Å²) in [5.41, 5.74) is 2.21. The second-order valence-corrected chi connectivity index (χ2v) is 2.66. The Hall–Kier alpha value is -1.50. The number of rotatable bonds is 2. The Morgan fingerprint density at radius 2 is 1.79 bits per heavy atom.